The van der Waals surface area contributed by atoms with Crippen LogP contribution in [0.1, 0.15) is 44.6 Å². The SMILES string of the molecule is CCN(C(=O)CN1CCN(c2ccc(C(F)(F)F)cc2[N+](=O)[O-])CC1)C1CCCCC1. The number of halogens is 3. The Bertz CT molecular complexity index is 789. The minimum atomic E-state index is -4.63. The Kier molecular flexibility index (Phi) is 7.40. The van der Waals surface area contributed by atoms with Crippen molar-refractivity contribution < 1.29 is 22.9 Å². The number of anilines is 1. The number of likely N-dealkylation sites (N-methyl/N-ethyl adjacent to an activating group) is 1. The lowest BCUT2D eigenvalue weighted by Crippen LogP contribution is -2.52. The van der Waals surface area contributed by atoms with E-state index in [1.165, 1.54) is 12.5 Å². The average molecular weight is 442 g/mol. The van der Waals surface area contributed by atoms with Crippen molar-refractivity contribution in [2.24, 2.45) is 0 Å². The Morgan fingerprint density at radius 1 is 1.16 bits per heavy atom. The Hall–Kier alpha value is -2.36. The third-order valence-corrected chi connectivity index (χ3v) is 6.25. The number of alkyl halides is 3. The standard InChI is InChI=1S/C21H29F3N4O3/c1-2-27(17-6-4-3-5-7-17)20(29)15-25-10-12-26(13-11-25)18-9-8-16(21(22,23)24)14-19(18)28(30)31/h8-9,14,17H,2-7,10-13,15H2,1H3. The second-order valence-electron chi connectivity index (χ2n) is 8.19. The number of hydrogen-bond donors (Lipinski definition) is 0. The number of nitro groups is 1. The van der Waals surface area contributed by atoms with Crippen LogP contribution in [-0.2, 0) is 11.0 Å². The number of carbonyl (C=O) groups excluding carboxylic acids is 1. The van der Waals surface area contributed by atoms with Gasteiger partial charge in [0.05, 0.1) is 17.0 Å². The van der Waals surface area contributed by atoms with Gasteiger partial charge in [-0.3, -0.25) is 19.8 Å². The molecule has 0 N–H and O–H groups in total. The van der Waals surface area contributed by atoms with Gasteiger partial charge < -0.3 is 9.80 Å². The van der Waals surface area contributed by atoms with Crippen molar-refractivity contribution in [2.75, 3.05) is 44.2 Å². The van der Waals surface area contributed by atoms with E-state index in [9.17, 15) is 28.1 Å². The van der Waals surface area contributed by atoms with E-state index in [-0.39, 0.29) is 11.6 Å². The summed E-state index contributed by atoms with van der Waals surface area (Å²) < 4.78 is 38.8. The van der Waals surface area contributed by atoms with Crippen molar-refractivity contribution >= 4 is 17.3 Å². The second kappa shape index (κ2) is 9.84. The fourth-order valence-electron chi connectivity index (χ4n) is 4.57. The molecule has 0 atom stereocenters. The Balaban J connectivity index is 1.61. The molecule has 0 spiro atoms. The number of rotatable bonds is 6. The summed E-state index contributed by atoms with van der Waals surface area (Å²) in [6.07, 6.45) is 0.986. The molecule has 0 unspecified atom stereocenters. The predicted molar refractivity (Wildman–Crippen MR) is 111 cm³/mol. The van der Waals surface area contributed by atoms with Gasteiger partial charge in [0.2, 0.25) is 5.91 Å². The molecular weight excluding hydrogens is 413 g/mol. The van der Waals surface area contributed by atoms with E-state index >= 15 is 0 Å². The molecule has 7 nitrogen and oxygen atoms in total. The van der Waals surface area contributed by atoms with Crippen molar-refractivity contribution in [1.82, 2.24) is 9.80 Å². The number of nitro benzene ring substituents is 1. The van der Waals surface area contributed by atoms with Crippen molar-refractivity contribution in [3.8, 4) is 0 Å². The topological polar surface area (TPSA) is 69.9 Å². The van der Waals surface area contributed by atoms with Crippen LogP contribution in [0.15, 0.2) is 18.2 Å². The Labute approximate surface area is 179 Å². The highest BCUT2D eigenvalue weighted by Gasteiger charge is 2.34. The molecule has 0 radical (unpaired) electrons. The summed E-state index contributed by atoms with van der Waals surface area (Å²) in [4.78, 5) is 29.1. The lowest BCUT2D eigenvalue weighted by Gasteiger charge is -2.38. The van der Waals surface area contributed by atoms with E-state index in [2.05, 4.69) is 0 Å². The molecular formula is C21H29F3N4O3. The number of amides is 1. The molecule has 1 aromatic rings. The number of piperazine rings is 1. The van der Waals surface area contributed by atoms with Crippen LogP contribution in [0.4, 0.5) is 24.5 Å². The van der Waals surface area contributed by atoms with Crippen LogP contribution in [0.3, 0.4) is 0 Å². The molecule has 2 fully saturated rings. The van der Waals surface area contributed by atoms with Crippen LogP contribution in [0.25, 0.3) is 0 Å². The van der Waals surface area contributed by atoms with Gasteiger partial charge >= 0.3 is 6.18 Å². The normalized spacial score (nSPS) is 18.8. The largest absolute Gasteiger partial charge is 0.416 e. The van der Waals surface area contributed by atoms with Gasteiger partial charge in [0.1, 0.15) is 5.69 Å². The average Bonchev–Trinajstić information content (AvgIpc) is 2.74. The molecule has 2 aliphatic rings. The molecule has 3 rings (SSSR count). The molecule has 10 heteroatoms. The van der Waals surface area contributed by atoms with Crippen LogP contribution in [0.5, 0.6) is 0 Å². The zero-order chi connectivity index (χ0) is 22.6. The molecule has 1 aliphatic heterocycles. The van der Waals surface area contributed by atoms with E-state index in [1.807, 2.05) is 16.7 Å². The number of benzene rings is 1. The third kappa shape index (κ3) is 5.66. The van der Waals surface area contributed by atoms with Crippen LogP contribution in [-0.4, -0.2) is 65.9 Å². The fourth-order valence-corrected chi connectivity index (χ4v) is 4.57. The highest BCUT2D eigenvalue weighted by Crippen LogP contribution is 2.36. The van der Waals surface area contributed by atoms with Crippen molar-refractivity contribution in [1.29, 1.82) is 0 Å². The molecule has 1 aliphatic carbocycles. The van der Waals surface area contributed by atoms with Gasteiger partial charge in [0.25, 0.3) is 5.69 Å². The van der Waals surface area contributed by atoms with Gasteiger partial charge in [-0.1, -0.05) is 19.3 Å². The lowest BCUT2D eigenvalue weighted by molar-refractivity contribution is -0.384. The van der Waals surface area contributed by atoms with E-state index in [4.69, 9.17) is 0 Å². The Morgan fingerprint density at radius 2 is 1.81 bits per heavy atom. The number of hydrogen-bond acceptors (Lipinski definition) is 5. The predicted octanol–water partition coefficient (Wildman–Crippen LogP) is 3.92. The van der Waals surface area contributed by atoms with Gasteiger partial charge in [-0.2, -0.15) is 13.2 Å². The molecule has 0 aromatic heterocycles. The molecule has 0 bridgehead atoms. The van der Waals surface area contributed by atoms with Crippen molar-refractivity contribution in [2.45, 2.75) is 51.2 Å². The molecule has 31 heavy (non-hydrogen) atoms. The van der Waals surface area contributed by atoms with Crippen LogP contribution < -0.4 is 4.90 Å². The monoisotopic (exact) mass is 442 g/mol. The smallest absolute Gasteiger partial charge is 0.363 e. The Morgan fingerprint density at radius 3 is 2.35 bits per heavy atom. The quantitative estimate of drug-likeness (QED) is 0.493. The molecule has 1 saturated carbocycles. The first kappa shape index (κ1) is 23.3. The number of nitrogens with zero attached hydrogens (tertiary/aromatic N) is 4. The summed E-state index contributed by atoms with van der Waals surface area (Å²) >= 11 is 0. The van der Waals surface area contributed by atoms with Crippen LogP contribution >= 0.6 is 0 Å². The highest BCUT2D eigenvalue weighted by atomic mass is 19.4. The summed E-state index contributed by atoms with van der Waals surface area (Å²) in [6.45, 7) is 4.84. The molecule has 1 amide bonds. The zero-order valence-corrected chi connectivity index (χ0v) is 17.7. The first-order chi connectivity index (χ1) is 14.7. The fraction of sp³-hybridized carbons (Fsp3) is 0.667. The number of carbonyl (C=O) groups is 1. The summed E-state index contributed by atoms with van der Waals surface area (Å²) in [5.41, 5.74) is -1.40. The summed E-state index contributed by atoms with van der Waals surface area (Å²) in [7, 11) is 0. The molecule has 1 heterocycles. The van der Waals surface area contributed by atoms with Crippen molar-refractivity contribution in [3.63, 3.8) is 0 Å². The first-order valence-electron chi connectivity index (χ1n) is 10.8. The molecule has 1 saturated heterocycles. The minimum Gasteiger partial charge on any atom is -0.363 e. The van der Waals surface area contributed by atoms with Crippen LogP contribution in [0.2, 0.25) is 0 Å². The lowest BCUT2D eigenvalue weighted by atomic mass is 9.94. The molecule has 1 aromatic carbocycles. The third-order valence-electron chi connectivity index (χ3n) is 6.25. The second-order valence-corrected chi connectivity index (χ2v) is 8.19. The van der Waals surface area contributed by atoms with E-state index in [0.29, 0.717) is 51.4 Å². The maximum atomic E-state index is 12.9. The zero-order valence-electron chi connectivity index (χ0n) is 17.7. The van der Waals surface area contributed by atoms with Crippen molar-refractivity contribution in [3.05, 3.63) is 33.9 Å². The maximum Gasteiger partial charge on any atom is 0.416 e. The van der Waals surface area contributed by atoms with Crippen LogP contribution in [0, 0.1) is 10.1 Å². The van der Waals surface area contributed by atoms with E-state index in [1.54, 1.807) is 4.90 Å². The van der Waals surface area contributed by atoms with E-state index in [0.717, 1.165) is 31.7 Å². The van der Waals surface area contributed by atoms with Gasteiger partial charge in [-0.05, 0) is 31.9 Å². The van der Waals surface area contributed by atoms with Gasteiger partial charge in [-0.15, -0.1) is 0 Å². The summed E-state index contributed by atoms with van der Waals surface area (Å²) in [5.74, 6) is 0.100. The van der Waals surface area contributed by atoms with E-state index < -0.39 is 22.4 Å². The highest BCUT2D eigenvalue weighted by molar-refractivity contribution is 5.78. The van der Waals surface area contributed by atoms with Gasteiger partial charge in [0.15, 0.2) is 0 Å². The first-order valence-corrected chi connectivity index (χ1v) is 10.8. The van der Waals surface area contributed by atoms with Gasteiger partial charge in [-0.25, -0.2) is 0 Å². The minimum absolute atomic E-state index is 0.100. The summed E-state index contributed by atoms with van der Waals surface area (Å²) in [6, 6.07) is 2.95. The van der Waals surface area contributed by atoms with Gasteiger partial charge in [0, 0.05) is 44.8 Å². The molecule has 172 valence electrons. The maximum absolute atomic E-state index is 12.9. The summed E-state index contributed by atoms with van der Waals surface area (Å²) in [5, 5.41) is 11.4.